The fourth-order valence-electron chi connectivity index (χ4n) is 1.92. The normalized spacial score (nSPS) is 14.0. The van der Waals surface area contributed by atoms with Gasteiger partial charge in [-0.2, -0.15) is 13.2 Å². The maximum Gasteiger partial charge on any atom is 0.457 e. The number of unbranched alkanes of at least 4 members (excludes halogenated alkanes) is 1. The first-order valence-corrected chi connectivity index (χ1v) is 7.31. The largest absolute Gasteiger partial charge is 0.457 e. The fraction of sp³-hybridized carbons (Fsp3) is 0.529. The Morgan fingerprint density at radius 3 is 2.50 bits per heavy atom. The van der Waals surface area contributed by atoms with Gasteiger partial charge in [0.1, 0.15) is 0 Å². The molecule has 1 aromatic carbocycles. The summed E-state index contributed by atoms with van der Waals surface area (Å²) in [6.07, 6.45) is -3.44. The minimum atomic E-state index is -4.55. The van der Waals surface area contributed by atoms with Crippen LogP contribution in [0.1, 0.15) is 31.7 Å². The third-order valence-corrected chi connectivity index (χ3v) is 3.13. The second-order valence-electron chi connectivity index (χ2n) is 5.08. The van der Waals surface area contributed by atoms with Gasteiger partial charge < -0.3 is 9.84 Å². The highest BCUT2D eigenvalue weighted by atomic mass is 19.4. The Kier molecular flexibility index (Phi) is 8.00. The number of hydrogen-bond acceptors (Lipinski definition) is 2. The molecule has 5 heteroatoms. The average Bonchev–Trinajstić information content (AvgIpc) is 2.48. The summed E-state index contributed by atoms with van der Waals surface area (Å²) < 4.78 is 42.1. The molecule has 0 amide bonds. The van der Waals surface area contributed by atoms with Gasteiger partial charge in [-0.25, -0.2) is 0 Å². The van der Waals surface area contributed by atoms with Crippen LogP contribution < -0.4 is 0 Å². The van der Waals surface area contributed by atoms with Crippen molar-refractivity contribution in [3.05, 3.63) is 35.9 Å². The molecule has 0 radical (unpaired) electrons. The van der Waals surface area contributed by atoms with Crippen LogP contribution in [-0.2, 0) is 11.3 Å². The Bertz CT molecular complexity index is 474. The average molecular weight is 314 g/mol. The van der Waals surface area contributed by atoms with Crippen LogP contribution in [0.15, 0.2) is 30.3 Å². The van der Waals surface area contributed by atoms with Gasteiger partial charge in [0.25, 0.3) is 0 Å². The molecule has 2 nitrogen and oxygen atoms in total. The number of halogens is 3. The molecule has 0 aliphatic carbocycles. The summed E-state index contributed by atoms with van der Waals surface area (Å²) in [4.78, 5) is 0. The Hall–Kier alpha value is -1.51. The van der Waals surface area contributed by atoms with Crippen LogP contribution in [-0.4, -0.2) is 24.0 Å². The van der Waals surface area contributed by atoms with Crippen molar-refractivity contribution in [1.82, 2.24) is 0 Å². The van der Waals surface area contributed by atoms with Crippen molar-refractivity contribution in [1.29, 1.82) is 0 Å². The van der Waals surface area contributed by atoms with E-state index in [1.54, 1.807) is 0 Å². The topological polar surface area (TPSA) is 29.5 Å². The van der Waals surface area contributed by atoms with Crippen LogP contribution in [0.4, 0.5) is 13.2 Å². The second-order valence-corrected chi connectivity index (χ2v) is 5.08. The van der Waals surface area contributed by atoms with E-state index in [9.17, 15) is 18.3 Å². The molecule has 0 fully saturated rings. The van der Waals surface area contributed by atoms with E-state index in [2.05, 4.69) is 5.92 Å². The molecule has 0 spiro atoms. The molecule has 0 saturated heterocycles. The van der Waals surface area contributed by atoms with E-state index < -0.39 is 18.2 Å². The van der Waals surface area contributed by atoms with Crippen molar-refractivity contribution in [2.45, 2.75) is 45.1 Å². The van der Waals surface area contributed by atoms with Crippen molar-refractivity contribution in [3.8, 4) is 11.8 Å². The Morgan fingerprint density at radius 1 is 1.23 bits per heavy atom. The number of ether oxygens (including phenoxy) is 1. The van der Waals surface area contributed by atoms with Crippen molar-refractivity contribution < 1.29 is 23.0 Å². The maximum absolute atomic E-state index is 12.2. The van der Waals surface area contributed by atoms with Gasteiger partial charge >= 0.3 is 6.18 Å². The number of aliphatic hydroxyl groups is 1. The molecule has 0 bridgehead atoms. The Labute approximate surface area is 129 Å². The van der Waals surface area contributed by atoms with Crippen LogP contribution in [0.5, 0.6) is 0 Å². The Balaban J connectivity index is 2.58. The molecule has 0 aromatic heterocycles. The van der Waals surface area contributed by atoms with Crippen LogP contribution in [0.3, 0.4) is 0 Å². The lowest BCUT2D eigenvalue weighted by Crippen LogP contribution is -2.24. The van der Waals surface area contributed by atoms with Gasteiger partial charge in [0.05, 0.1) is 25.2 Å². The highest BCUT2D eigenvalue weighted by molar-refractivity contribution is 5.14. The monoisotopic (exact) mass is 314 g/mol. The van der Waals surface area contributed by atoms with Gasteiger partial charge in [-0.15, -0.1) is 0 Å². The standard InChI is InChI=1S/C17H21F3O2/c1-2-3-9-16(21)15(10-11-17(18,19)20)13-22-12-14-7-5-4-6-8-14/h4-8,15-16,21H,2-3,9,12-13H2,1H3/t15-,16-/m0/s1. The molecule has 22 heavy (non-hydrogen) atoms. The highest BCUT2D eigenvalue weighted by Gasteiger charge is 2.25. The lowest BCUT2D eigenvalue weighted by Gasteiger charge is -2.18. The third kappa shape index (κ3) is 8.06. The zero-order chi connectivity index (χ0) is 16.4. The molecule has 0 saturated carbocycles. The van der Waals surface area contributed by atoms with Gasteiger partial charge in [0.2, 0.25) is 0 Å². The van der Waals surface area contributed by atoms with Gasteiger partial charge in [-0.05, 0) is 12.0 Å². The van der Waals surface area contributed by atoms with Crippen molar-refractivity contribution in [2.75, 3.05) is 6.61 Å². The molecule has 2 atom stereocenters. The minimum Gasteiger partial charge on any atom is -0.392 e. The predicted octanol–water partition coefficient (Wildman–Crippen LogP) is 3.94. The number of hydrogen-bond donors (Lipinski definition) is 1. The fourth-order valence-corrected chi connectivity index (χ4v) is 1.92. The molecule has 1 rings (SSSR count). The third-order valence-electron chi connectivity index (χ3n) is 3.13. The zero-order valence-corrected chi connectivity index (χ0v) is 12.6. The van der Waals surface area contributed by atoms with Gasteiger partial charge in [-0.3, -0.25) is 0 Å². The summed E-state index contributed by atoms with van der Waals surface area (Å²) in [5.74, 6) is 2.51. The SMILES string of the molecule is CCCC[C@H](O)[C@@H](C#CC(F)(F)F)COCc1ccccc1. The van der Waals surface area contributed by atoms with E-state index in [0.29, 0.717) is 6.42 Å². The zero-order valence-electron chi connectivity index (χ0n) is 12.6. The van der Waals surface area contributed by atoms with Crippen LogP contribution >= 0.6 is 0 Å². The van der Waals surface area contributed by atoms with E-state index in [1.165, 1.54) is 5.92 Å². The van der Waals surface area contributed by atoms with E-state index in [0.717, 1.165) is 18.4 Å². The van der Waals surface area contributed by atoms with E-state index >= 15 is 0 Å². The van der Waals surface area contributed by atoms with E-state index in [4.69, 9.17) is 4.74 Å². The van der Waals surface area contributed by atoms with Crippen LogP contribution in [0.25, 0.3) is 0 Å². The molecule has 122 valence electrons. The first-order valence-electron chi connectivity index (χ1n) is 7.31. The molecular formula is C17H21F3O2. The molecule has 0 unspecified atom stereocenters. The predicted molar refractivity (Wildman–Crippen MR) is 79.0 cm³/mol. The molecule has 0 aliphatic heterocycles. The molecule has 1 N–H and O–H groups in total. The summed E-state index contributed by atoms with van der Waals surface area (Å²) in [5, 5.41) is 9.98. The summed E-state index contributed by atoms with van der Waals surface area (Å²) >= 11 is 0. The highest BCUT2D eigenvalue weighted by Crippen LogP contribution is 2.16. The summed E-state index contributed by atoms with van der Waals surface area (Å²) in [6, 6.07) is 9.31. The van der Waals surface area contributed by atoms with Crippen molar-refractivity contribution in [2.24, 2.45) is 5.92 Å². The number of rotatable bonds is 8. The number of aliphatic hydroxyl groups excluding tert-OH is 1. The summed E-state index contributed by atoms with van der Waals surface area (Å²) in [6.45, 7) is 2.21. The minimum absolute atomic E-state index is 0.0249. The van der Waals surface area contributed by atoms with Crippen molar-refractivity contribution >= 4 is 0 Å². The maximum atomic E-state index is 12.2. The molecular weight excluding hydrogens is 293 g/mol. The first-order chi connectivity index (χ1) is 10.4. The molecule has 1 aromatic rings. The second kappa shape index (κ2) is 9.50. The lowest BCUT2D eigenvalue weighted by atomic mass is 9.99. The van der Waals surface area contributed by atoms with Crippen molar-refractivity contribution in [3.63, 3.8) is 0 Å². The lowest BCUT2D eigenvalue weighted by molar-refractivity contribution is -0.0700. The molecule has 0 aliphatic rings. The smallest absolute Gasteiger partial charge is 0.392 e. The summed E-state index contributed by atoms with van der Waals surface area (Å²) in [5.41, 5.74) is 0.924. The molecule has 0 heterocycles. The summed E-state index contributed by atoms with van der Waals surface area (Å²) in [7, 11) is 0. The number of alkyl halides is 3. The van der Waals surface area contributed by atoms with E-state index in [1.807, 2.05) is 37.3 Å². The van der Waals surface area contributed by atoms with Gasteiger partial charge in [0, 0.05) is 5.92 Å². The van der Waals surface area contributed by atoms with Crippen LogP contribution in [0.2, 0.25) is 0 Å². The van der Waals surface area contributed by atoms with Gasteiger partial charge in [-0.1, -0.05) is 56.0 Å². The van der Waals surface area contributed by atoms with Crippen LogP contribution in [0, 0.1) is 17.8 Å². The van der Waals surface area contributed by atoms with E-state index in [-0.39, 0.29) is 13.2 Å². The quantitative estimate of drug-likeness (QED) is 0.737. The Morgan fingerprint density at radius 2 is 1.91 bits per heavy atom. The van der Waals surface area contributed by atoms with Gasteiger partial charge in [0.15, 0.2) is 0 Å². The first kappa shape index (κ1) is 18.5. The number of benzene rings is 1.